The van der Waals surface area contributed by atoms with Crippen LogP contribution in [-0.4, -0.2) is 29.0 Å². The number of carbonyl (C=O) groups is 1. The van der Waals surface area contributed by atoms with Crippen molar-refractivity contribution in [1.29, 1.82) is 0 Å². The van der Waals surface area contributed by atoms with Crippen molar-refractivity contribution in [3.8, 4) is 0 Å². The van der Waals surface area contributed by atoms with E-state index in [0.29, 0.717) is 16.4 Å². The van der Waals surface area contributed by atoms with Crippen molar-refractivity contribution in [2.75, 3.05) is 23.3 Å². The molecule has 114 valence electrons. The molecule has 0 atom stereocenters. The fraction of sp³-hybridized carbons (Fsp3) is 0.312. The summed E-state index contributed by atoms with van der Waals surface area (Å²) in [7, 11) is 0. The minimum Gasteiger partial charge on any atom is -0.355 e. The zero-order valence-electron chi connectivity index (χ0n) is 12.3. The third kappa shape index (κ3) is 3.04. The molecule has 1 N–H and O–H groups in total. The number of anilines is 2. The Morgan fingerprint density at radius 2 is 2.00 bits per heavy atom. The number of halogens is 1. The van der Waals surface area contributed by atoms with Gasteiger partial charge in [-0.2, -0.15) is 0 Å². The molecule has 1 fully saturated rings. The van der Waals surface area contributed by atoms with Crippen LogP contribution in [0, 0.1) is 6.92 Å². The Balaban J connectivity index is 1.73. The van der Waals surface area contributed by atoms with Gasteiger partial charge in [0.15, 0.2) is 0 Å². The van der Waals surface area contributed by atoms with Crippen molar-refractivity contribution >= 4 is 29.0 Å². The number of amides is 1. The Morgan fingerprint density at radius 3 is 2.68 bits per heavy atom. The van der Waals surface area contributed by atoms with Crippen LogP contribution in [-0.2, 0) is 0 Å². The molecule has 6 heteroatoms. The number of nitrogens with one attached hydrogen (secondary N) is 1. The SMILES string of the molecule is Cc1c(Cl)cccc1NC(=O)c1cnc(N2CCCC2)cn1. The molecule has 3 rings (SSSR count). The van der Waals surface area contributed by atoms with E-state index in [4.69, 9.17) is 11.6 Å². The summed E-state index contributed by atoms with van der Waals surface area (Å²) in [5, 5.41) is 3.44. The van der Waals surface area contributed by atoms with Gasteiger partial charge in [-0.15, -0.1) is 0 Å². The average Bonchev–Trinajstić information content (AvgIpc) is 3.06. The van der Waals surface area contributed by atoms with Crippen molar-refractivity contribution in [2.24, 2.45) is 0 Å². The first-order chi connectivity index (χ1) is 10.6. The van der Waals surface area contributed by atoms with Crippen molar-refractivity contribution in [2.45, 2.75) is 19.8 Å². The number of hydrogen-bond donors (Lipinski definition) is 1. The molecule has 0 bridgehead atoms. The van der Waals surface area contributed by atoms with Gasteiger partial charge in [-0.3, -0.25) is 4.79 Å². The highest BCUT2D eigenvalue weighted by Gasteiger charge is 2.15. The molecular formula is C16H17ClN4O. The maximum atomic E-state index is 12.2. The van der Waals surface area contributed by atoms with E-state index in [-0.39, 0.29) is 5.91 Å². The first kappa shape index (κ1) is 14.8. The summed E-state index contributed by atoms with van der Waals surface area (Å²) in [4.78, 5) is 23.0. The molecule has 1 aliphatic heterocycles. The monoisotopic (exact) mass is 316 g/mol. The summed E-state index contributed by atoms with van der Waals surface area (Å²) < 4.78 is 0. The van der Waals surface area contributed by atoms with Gasteiger partial charge in [0.2, 0.25) is 0 Å². The van der Waals surface area contributed by atoms with E-state index < -0.39 is 0 Å². The standard InChI is InChI=1S/C16H17ClN4O/c1-11-12(17)5-4-6-13(11)20-16(22)14-9-19-15(10-18-14)21-7-2-3-8-21/h4-6,9-10H,2-3,7-8H2,1H3,(H,20,22). The molecule has 22 heavy (non-hydrogen) atoms. The Kier molecular flexibility index (Phi) is 4.24. The predicted octanol–water partition coefficient (Wildman–Crippen LogP) is 3.29. The summed E-state index contributed by atoms with van der Waals surface area (Å²) in [6, 6.07) is 5.40. The first-order valence-electron chi connectivity index (χ1n) is 7.28. The van der Waals surface area contributed by atoms with Crippen molar-refractivity contribution in [3.63, 3.8) is 0 Å². The Labute approximate surface area is 134 Å². The summed E-state index contributed by atoms with van der Waals surface area (Å²) in [6.45, 7) is 3.87. The summed E-state index contributed by atoms with van der Waals surface area (Å²) in [5.41, 5.74) is 1.81. The van der Waals surface area contributed by atoms with Crippen molar-refractivity contribution < 1.29 is 4.79 Å². The topological polar surface area (TPSA) is 58.1 Å². The highest BCUT2D eigenvalue weighted by atomic mass is 35.5. The fourth-order valence-electron chi connectivity index (χ4n) is 2.48. The minimum atomic E-state index is -0.286. The molecule has 0 unspecified atom stereocenters. The maximum absolute atomic E-state index is 12.2. The summed E-state index contributed by atoms with van der Waals surface area (Å²) in [5.74, 6) is 0.541. The van der Waals surface area contributed by atoms with Crippen LogP contribution < -0.4 is 10.2 Å². The zero-order chi connectivity index (χ0) is 15.5. The molecule has 2 heterocycles. The number of aromatic nitrogens is 2. The molecule has 0 radical (unpaired) electrons. The molecule has 1 aliphatic rings. The number of nitrogens with zero attached hydrogens (tertiary/aromatic N) is 3. The molecular weight excluding hydrogens is 300 g/mol. The van der Waals surface area contributed by atoms with Gasteiger partial charge in [-0.05, 0) is 37.5 Å². The second kappa shape index (κ2) is 6.32. The highest BCUT2D eigenvalue weighted by Crippen LogP contribution is 2.23. The Hall–Kier alpha value is -2.14. The quantitative estimate of drug-likeness (QED) is 0.944. The minimum absolute atomic E-state index is 0.286. The predicted molar refractivity (Wildman–Crippen MR) is 87.6 cm³/mol. The normalized spacial score (nSPS) is 14.2. The molecule has 1 aromatic heterocycles. The van der Waals surface area contributed by atoms with Gasteiger partial charge < -0.3 is 10.2 Å². The zero-order valence-corrected chi connectivity index (χ0v) is 13.1. The number of benzene rings is 1. The Bertz CT molecular complexity index is 681. The number of rotatable bonds is 3. The lowest BCUT2D eigenvalue weighted by Gasteiger charge is -2.15. The first-order valence-corrected chi connectivity index (χ1v) is 7.66. The molecule has 2 aromatic rings. The third-order valence-electron chi connectivity index (χ3n) is 3.82. The lowest BCUT2D eigenvalue weighted by molar-refractivity contribution is 0.102. The largest absolute Gasteiger partial charge is 0.355 e. The fourth-order valence-corrected chi connectivity index (χ4v) is 2.65. The number of carbonyl (C=O) groups excluding carboxylic acids is 1. The van der Waals surface area contributed by atoms with E-state index >= 15 is 0 Å². The molecule has 0 aliphatic carbocycles. The van der Waals surface area contributed by atoms with E-state index in [1.807, 2.05) is 13.0 Å². The molecule has 0 spiro atoms. The van der Waals surface area contributed by atoms with Crippen LogP contribution in [0.2, 0.25) is 5.02 Å². The van der Waals surface area contributed by atoms with Gasteiger partial charge in [-0.1, -0.05) is 17.7 Å². The van der Waals surface area contributed by atoms with Crippen LogP contribution in [0.5, 0.6) is 0 Å². The molecule has 1 saturated heterocycles. The lowest BCUT2D eigenvalue weighted by atomic mass is 10.2. The van der Waals surface area contributed by atoms with E-state index in [2.05, 4.69) is 20.2 Å². The van der Waals surface area contributed by atoms with E-state index in [1.165, 1.54) is 19.0 Å². The second-order valence-corrected chi connectivity index (χ2v) is 5.73. The van der Waals surface area contributed by atoms with Crippen molar-refractivity contribution in [3.05, 3.63) is 46.9 Å². The van der Waals surface area contributed by atoms with Crippen LogP contribution in [0.1, 0.15) is 28.9 Å². The van der Waals surface area contributed by atoms with E-state index in [1.54, 1.807) is 18.3 Å². The molecule has 0 saturated carbocycles. The van der Waals surface area contributed by atoms with Crippen LogP contribution >= 0.6 is 11.6 Å². The van der Waals surface area contributed by atoms with Gasteiger partial charge >= 0.3 is 0 Å². The smallest absolute Gasteiger partial charge is 0.275 e. The summed E-state index contributed by atoms with van der Waals surface area (Å²) >= 11 is 6.05. The van der Waals surface area contributed by atoms with Crippen LogP contribution in [0.3, 0.4) is 0 Å². The van der Waals surface area contributed by atoms with Gasteiger partial charge in [-0.25, -0.2) is 9.97 Å². The van der Waals surface area contributed by atoms with Crippen molar-refractivity contribution in [1.82, 2.24) is 9.97 Å². The van der Waals surface area contributed by atoms with Gasteiger partial charge in [0.1, 0.15) is 11.5 Å². The third-order valence-corrected chi connectivity index (χ3v) is 4.23. The summed E-state index contributed by atoms with van der Waals surface area (Å²) in [6.07, 6.45) is 5.53. The van der Waals surface area contributed by atoms with E-state index in [9.17, 15) is 4.79 Å². The molecule has 1 amide bonds. The maximum Gasteiger partial charge on any atom is 0.275 e. The lowest BCUT2D eigenvalue weighted by Crippen LogP contribution is -2.20. The van der Waals surface area contributed by atoms with Gasteiger partial charge in [0, 0.05) is 23.8 Å². The molecule has 1 aromatic carbocycles. The molecule has 5 nitrogen and oxygen atoms in total. The highest BCUT2D eigenvalue weighted by molar-refractivity contribution is 6.31. The number of hydrogen-bond acceptors (Lipinski definition) is 4. The van der Waals surface area contributed by atoms with Crippen LogP contribution in [0.4, 0.5) is 11.5 Å². The average molecular weight is 317 g/mol. The van der Waals surface area contributed by atoms with E-state index in [0.717, 1.165) is 24.5 Å². The Morgan fingerprint density at radius 1 is 1.23 bits per heavy atom. The second-order valence-electron chi connectivity index (χ2n) is 5.32. The van der Waals surface area contributed by atoms with Crippen LogP contribution in [0.15, 0.2) is 30.6 Å². The van der Waals surface area contributed by atoms with Gasteiger partial charge in [0.05, 0.1) is 12.4 Å². The van der Waals surface area contributed by atoms with Crippen LogP contribution in [0.25, 0.3) is 0 Å². The van der Waals surface area contributed by atoms with Gasteiger partial charge in [0.25, 0.3) is 5.91 Å².